The van der Waals surface area contributed by atoms with Gasteiger partial charge in [-0.15, -0.1) is 0 Å². The molecule has 4 heteroatoms. The topological polar surface area (TPSA) is 50.4 Å². The highest BCUT2D eigenvalue weighted by Gasteiger charge is 2.07. The molecule has 0 aliphatic rings. The minimum absolute atomic E-state index is 0.0102. The highest BCUT2D eigenvalue weighted by molar-refractivity contribution is 5.92. The van der Waals surface area contributed by atoms with E-state index >= 15 is 0 Å². The Hall–Kier alpha value is -1.55. The first-order valence-corrected chi connectivity index (χ1v) is 6.78. The molecule has 0 saturated carbocycles. The van der Waals surface area contributed by atoms with Gasteiger partial charge in [0.25, 0.3) is 0 Å². The fourth-order valence-electron chi connectivity index (χ4n) is 1.56. The van der Waals surface area contributed by atoms with Crippen molar-refractivity contribution >= 4 is 17.3 Å². The molecule has 1 atom stereocenters. The largest absolute Gasteiger partial charge is 0.380 e. The van der Waals surface area contributed by atoms with Gasteiger partial charge in [0, 0.05) is 29.9 Å². The molecule has 0 saturated heterocycles. The molecule has 0 fully saturated rings. The monoisotopic (exact) mass is 264 g/mol. The van der Waals surface area contributed by atoms with Crippen molar-refractivity contribution in [2.45, 2.75) is 33.7 Å². The summed E-state index contributed by atoms with van der Waals surface area (Å²) in [5, 5.41) is 6.21. The number of ether oxygens (including phenoxy) is 1. The van der Waals surface area contributed by atoms with E-state index in [1.54, 1.807) is 0 Å². The van der Waals surface area contributed by atoms with Crippen LogP contribution in [0.1, 0.15) is 27.7 Å². The number of carbonyl (C=O) groups is 1. The number of hydrogen-bond acceptors (Lipinski definition) is 3. The molecule has 1 unspecified atom stereocenters. The lowest BCUT2D eigenvalue weighted by Gasteiger charge is -2.15. The maximum Gasteiger partial charge on any atom is 0.226 e. The standard InChI is InChI=1S/C15H24N2O2/c1-5-19-10-12(4)16-13-6-8-14(9-7-13)17-15(18)11(2)3/h6-9,11-12,16H,5,10H2,1-4H3,(H,17,18). The number of rotatable bonds is 7. The lowest BCUT2D eigenvalue weighted by Crippen LogP contribution is -2.21. The predicted molar refractivity (Wildman–Crippen MR) is 79.5 cm³/mol. The smallest absolute Gasteiger partial charge is 0.226 e. The molecule has 4 nitrogen and oxygen atoms in total. The van der Waals surface area contributed by atoms with Gasteiger partial charge in [-0.2, -0.15) is 0 Å². The van der Waals surface area contributed by atoms with Crippen LogP contribution in [-0.4, -0.2) is 25.2 Å². The first-order chi connectivity index (χ1) is 9.02. The molecule has 2 N–H and O–H groups in total. The average Bonchev–Trinajstić information content (AvgIpc) is 2.38. The molecular weight excluding hydrogens is 240 g/mol. The molecule has 0 heterocycles. The minimum atomic E-state index is -0.0102. The summed E-state index contributed by atoms with van der Waals surface area (Å²) in [6.07, 6.45) is 0. The third-order valence-electron chi connectivity index (χ3n) is 2.66. The Kier molecular flexibility index (Phi) is 6.36. The average molecular weight is 264 g/mol. The van der Waals surface area contributed by atoms with Crippen molar-refractivity contribution in [3.63, 3.8) is 0 Å². The maximum atomic E-state index is 11.5. The Morgan fingerprint density at radius 1 is 1.16 bits per heavy atom. The molecule has 0 aliphatic carbocycles. The summed E-state index contributed by atoms with van der Waals surface area (Å²) in [5.41, 5.74) is 1.84. The van der Waals surface area contributed by atoms with E-state index in [0.717, 1.165) is 18.0 Å². The van der Waals surface area contributed by atoms with Gasteiger partial charge in [0.2, 0.25) is 5.91 Å². The number of hydrogen-bond donors (Lipinski definition) is 2. The quantitative estimate of drug-likeness (QED) is 0.795. The van der Waals surface area contributed by atoms with E-state index in [1.165, 1.54) is 0 Å². The number of nitrogens with one attached hydrogen (secondary N) is 2. The Morgan fingerprint density at radius 2 is 1.74 bits per heavy atom. The third-order valence-corrected chi connectivity index (χ3v) is 2.66. The minimum Gasteiger partial charge on any atom is -0.380 e. The van der Waals surface area contributed by atoms with Crippen molar-refractivity contribution in [3.8, 4) is 0 Å². The lowest BCUT2D eigenvalue weighted by atomic mass is 10.2. The SMILES string of the molecule is CCOCC(C)Nc1ccc(NC(=O)C(C)C)cc1. The second kappa shape index (κ2) is 7.79. The number of amides is 1. The van der Waals surface area contributed by atoms with E-state index < -0.39 is 0 Å². The molecule has 0 aliphatic heterocycles. The van der Waals surface area contributed by atoms with Gasteiger partial charge in [-0.1, -0.05) is 13.8 Å². The van der Waals surface area contributed by atoms with E-state index in [2.05, 4.69) is 17.6 Å². The van der Waals surface area contributed by atoms with Crippen LogP contribution in [0.15, 0.2) is 24.3 Å². The first kappa shape index (κ1) is 15.5. The Balaban J connectivity index is 2.49. The summed E-state index contributed by atoms with van der Waals surface area (Å²) in [6, 6.07) is 7.97. The van der Waals surface area contributed by atoms with Crippen molar-refractivity contribution < 1.29 is 9.53 Å². The molecule has 1 rings (SSSR count). The van der Waals surface area contributed by atoms with Crippen LogP contribution in [0, 0.1) is 5.92 Å². The van der Waals surface area contributed by atoms with E-state index in [9.17, 15) is 4.79 Å². The van der Waals surface area contributed by atoms with Crippen molar-refractivity contribution in [1.29, 1.82) is 0 Å². The van der Waals surface area contributed by atoms with E-state index in [0.29, 0.717) is 6.61 Å². The summed E-state index contributed by atoms with van der Waals surface area (Å²) in [7, 11) is 0. The molecule has 1 aromatic rings. The zero-order valence-corrected chi connectivity index (χ0v) is 12.2. The second-order valence-corrected chi connectivity index (χ2v) is 4.93. The fraction of sp³-hybridized carbons (Fsp3) is 0.533. The summed E-state index contributed by atoms with van der Waals surface area (Å²) >= 11 is 0. The van der Waals surface area contributed by atoms with Gasteiger partial charge < -0.3 is 15.4 Å². The van der Waals surface area contributed by atoms with Gasteiger partial charge in [-0.3, -0.25) is 4.79 Å². The summed E-state index contributed by atoms with van der Waals surface area (Å²) in [4.78, 5) is 11.5. The van der Waals surface area contributed by atoms with Crippen LogP contribution in [0.4, 0.5) is 11.4 Å². The van der Waals surface area contributed by atoms with E-state index in [4.69, 9.17) is 4.74 Å². The van der Waals surface area contributed by atoms with Gasteiger partial charge in [-0.05, 0) is 38.1 Å². The molecule has 1 aromatic carbocycles. The fourth-order valence-corrected chi connectivity index (χ4v) is 1.56. The van der Waals surface area contributed by atoms with Crippen LogP contribution in [0.5, 0.6) is 0 Å². The van der Waals surface area contributed by atoms with Crippen molar-refractivity contribution in [3.05, 3.63) is 24.3 Å². The molecule has 106 valence electrons. The predicted octanol–water partition coefficient (Wildman–Crippen LogP) is 3.12. The summed E-state index contributed by atoms with van der Waals surface area (Å²) in [5.74, 6) is 0.0226. The van der Waals surface area contributed by atoms with Gasteiger partial charge in [0.1, 0.15) is 0 Å². The van der Waals surface area contributed by atoms with Crippen LogP contribution in [0.25, 0.3) is 0 Å². The maximum absolute atomic E-state index is 11.5. The molecule has 19 heavy (non-hydrogen) atoms. The van der Waals surface area contributed by atoms with Crippen LogP contribution < -0.4 is 10.6 Å². The van der Waals surface area contributed by atoms with E-state index in [-0.39, 0.29) is 17.9 Å². The van der Waals surface area contributed by atoms with Crippen LogP contribution in [0.3, 0.4) is 0 Å². The highest BCUT2D eigenvalue weighted by Crippen LogP contribution is 2.15. The Bertz CT molecular complexity index is 388. The van der Waals surface area contributed by atoms with Crippen molar-refractivity contribution in [1.82, 2.24) is 0 Å². The Morgan fingerprint density at radius 3 is 2.26 bits per heavy atom. The zero-order chi connectivity index (χ0) is 14.3. The molecule has 0 bridgehead atoms. The van der Waals surface area contributed by atoms with Crippen LogP contribution in [-0.2, 0) is 9.53 Å². The van der Waals surface area contributed by atoms with Crippen molar-refractivity contribution in [2.75, 3.05) is 23.8 Å². The molecule has 0 radical (unpaired) electrons. The molecule has 0 aromatic heterocycles. The lowest BCUT2D eigenvalue weighted by molar-refractivity contribution is -0.118. The molecule has 1 amide bonds. The van der Waals surface area contributed by atoms with Crippen molar-refractivity contribution in [2.24, 2.45) is 5.92 Å². The number of carbonyl (C=O) groups excluding carboxylic acids is 1. The third kappa shape index (κ3) is 5.75. The summed E-state index contributed by atoms with van der Waals surface area (Å²) in [6.45, 7) is 9.22. The normalized spacial score (nSPS) is 12.3. The highest BCUT2D eigenvalue weighted by atomic mass is 16.5. The first-order valence-electron chi connectivity index (χ1n) is 6.78. The molecular formula is C15H24N2O2. The van der Waals surface area contributed by atoms with Gasteiger partial charge >= 0.3 is 0 Å². The second-order valence-electron chi connectivity index (χ2n) is 4.93. The Labute approximate surface area is 115 Å². The van der Waals surface area contributed by atoms with Gasteiger partial charge in [0.15, 0.2) is 0 Å². The van der Waals surface area contributed by atoms with Gasteiger partial charge in [0.05, 0.1) is 6.61 Å². The molecule has 0 spiro atoms. The van der Waals surface area contributed by atoms with E-state index in [1.807, 2.05) is 45.0 Å². The number of benzene rings is 1. The zero-order valence-electron chi connectivity index (χ0n) is 12.2. The van der Waals surface area contributed by atoms with Crippen LogP contribution in [0.2, 0.25) is 0 Å². The number of anilines is 2. The summed E-state index contributed by atoms with van der Waals surface area (Å²) < 4.78 is 5.35. The van der Waals surface area contributed by atoms with Gasteiger partial charge in [-0.25, -0.2) is 0 Å². The van der Waals surface area contributed by atoms with Crippen LogP contribution >= 0.6 is 0 Å².